The van der Waals surface area contributed by atoms with E-state index in [1.54, 1.807) is 25.3 Å². The molecular weight excluding hydrogens is 469 g/mol. The molecule has 2 atom stereocenters. The zero-order valence-electron chi connectivity index (χ0n) is 18.6. The van der Waals surface area contributed by atoms with Gasteiger partial charge in [-0.2, -0.15) is 13.2 Å². The van der Waals surface area contributed by atoms with Gasteiger partial charge < -0.3 is 14.8 Å². The van der Waals surface area contributed by atoms with Crippen LogP contribution in [0.3, 0.4) is 0 Å². The summed E-state index contributed by atoms with van der Waals surface area (Å²) in [5, 5.41) is 3.54. The molecule has 0 aliphatic carbocycles. The van der Waals surface area contributed by atoms with Crippen LogP contribution in [-0.2, 0) is 10.9 Å². The molecule has 3 aromatic rings. The average molecular weight is 493 g/mol. The zero-order valence-corrected chi connectivity index (χ0v) is 19.4. The summed E-state index contributed by atoms with van der Waals surface area (Å²) in [6.07, 6.45) is 0.184. The van der Waals surface area contributed by atoms with Crippen LogP contribution in [0.5, 0.6) is 5.75 Å². The fourth-order valence-corrected chi connectivity index (χ4v) is 4.18. The van der Waals surface area contributed by atoms with Gasteiger partial charge in [0.1, 0.15) is 10.8 Å². The van der Waals surface area contributed by atoms with Crippen LogP contribution in [0.1, 0.15) is 46.0 Å². The number of thiazole rings is 1. The van der Waals surface area contributed by atoms with E-state index in [4.69, 9.17) is 9.47 Å². The summed E-state index contributed by atoms with van der Waals surface area (Å²) in [5.41, 5.74) is 1.45. The summed E-state index contributed by atoms with van der Waals surface area (Å²) in [6.45, 7) is 5.43. The van der Waals surface area contributed by atoms with E-state index in [0.717, 1.165) is 34.3 Å². The molecule has 1 amide bonds. The number of aryl methyl sites for hydroxylation is 1. The summed E-state index contributed by atoms with van der Waals surface area (Å²) >= 11 is 1.50. The maximum atomic E-state index is 13.0. The van der Waals surface area contributed by atoms with E-state index < -0.39 is 23.9 Å². The molecule has 3 heterocycles. The van der Waals surface area contributed by atoms with Crippen molar-refractivity contribution in [2.45, 2.75) is 32.5 Å². The van der Waals surface area contributed by atoms with Crippen molar-refractivity contribution in [1.29, 1.82) is 0 Å². The second-order valence-corrected chi connectivity index (χ2v) is 9.33. The lowest BCUT2D eigenvalue weighted by Gasteiger charge is -2.16. The van der Waals surface area contributed by atoms with Gasteiger partial charge in [0.15, 0.2) is 0 Å². The van der Waals surface area contributed by atoms with Gasteiger partial charge in [0.25, 0.3) is 5.91 Å². The molecule has 180 valence electrons. The van der Waals surface area contributed by atoms with Gasteiger partial charge >= 0.3 is 6.18 Å². The third-order valence-corrected chi connectivity index (χ3v) is 6.28. The molecule has 1 saturated heterocycles. The number of hydrogen-bond donors (Lipinski definition) is 1. The van der Waals surface area contributed by atoms with Crippen LogP contribution in [-0.4, -0.2) is 40.7 Å². The minimum atomic E-state index is -4.62. The molecule has 1 aliphatic heterocycles. The Bertz CT molecular complexity index is 1150. The lowest BCUT2D eigenvalue weighted by Crippen LogP contribution is -2.27. The first kappa shape index (κ1) is 24.1. The number of alkyl halides is 3. The molecule has 0 spiro atoms. The molecule has 1 aliphatic rings. The molecule has 0 saturated carbocycles. The first-order chi connectivity index (χ1) is 16.2. The van der Waals surface area contributed by atoms with E-state index in [2.05, 4.69) is 20.3 Å². The van der Waals surface area contributed by atoms with Crippen molar-refractivity contribution in [3.05, 3.63) is 58.6 Å². The Hall–Kier alpha value is -3.05. The van der Waals surface area contributed by atoms with E-state index in [9.17, 15) is 18.0 Å². The first-order valence-electron chi connectivity index (χ1n) is 10.7. The molecule has 1 aromatic carbocycles. The van der Waals surface area contributed by atoms with E-state index in [1.807, 2.05) is 13.0 Å². The molecule has 11 heteroatoms. The van der Waals surface area contributed by atoms with Crippen LogP contribution in [0.25, 0.3) is 10.6 Å². The predicted octanol–water partition coefficient (Wildman–Crippen LogP) is 4.83. The lowest BCUT2D eigenvalue weighted by molar-refractivity contribution is -0.145. The summed E-state index contributed by atoms with van der Waals surface area (Å²) in [5.74, 6) is -0.803. The van der Waals surface area contributed by atoms with E-state index >= 15 is 0 Å². The first-order valence-corrected chi connectivity index (χ1v) is 11.5. The second kappa shape index (κ2) is 10.1. The Morgan fingerprint density at radius 3 is 2.62 bits per heavy atom. The minimum absolute atomic E-state index is 0.294. The van der Waals surface area contributed by atoms with Gasteiger partial charge in [-0.05, 0) is 38.5 Å². The molecule has 1 fully saturated rings. The Kier molecular flexibility index (Phi) is 7.13. The normalized spacial score (nSPS) is 16.9. The molecule has 4 rings (SSSR count). The summed E-state index contributed by atoms with van der Waals surface area (Å²) < 4.78 is 49.5. The molecular formula is C23H23F3N4O3S. The largest absolute Gasteiger partial charge is 0.493 e. The number of amides is 1. The Morgan fingerprint density at radius 1 is 1.24 bits per heavy atom. The lowest BCUT2D eigenvalue weighted by atomic mass is 10.1. The predicted molar refractivity (Wildman–Crippen MR) is 120 cm³/mol. The van der Waals surface area contributed by atoms with E-state index in [-0.39, 0.29) is 0 Å². The Balaban J connectivity index is 1.53. The number of carbonyl (C=O) groups is 1. The maximum Gasteiger partial charge on any atom is 0.451 e. The molecule has 0 unspecified atom stereocenters. The molecule has 2 aromatic heterocycles. The van der Waals surface area contributed by atoms with Crippen LogP contribution in [0.2, 0.25) is 0 Å². The van der Waals surface area contributed by atoms with Crippen LogP contribution in [0, 0.1) is 12.8 Å². The van der Waals surface area contributed by atoms with E-state index in [1.165, 1.54) is 11.3 Å². The molecule has 0 bridgehead atoms. The highest BCUT2D eigenvalue weighted by molar-refractivity contribution is 7.14. The number of nitrogens with zero attached hydrogens (tertiary/aromatic N) is 3. The van der Waals surface area contributed by atoms with Crippen molar-refractivity contribution in [2.24, 2.45) is 5.92 Å². The number of carbonyl (C=O) groups excluding carboxylic acids is 1. The maximum absolute atomic E-state index is 13.0. The van der Waals surface area contributed by atoms with Gasteiger partial charge in [0, 0.05) is 52.7 Å². The Labute approximate surface area is 198 Å². The van der Waals surface area contributed by atoms with Gasteiger partial charge in [-0.15, -0.1) is 11.3 Å². The number of hydrogen-bond acceptors (Lipinski definition) is 7. The number of rotatable bonds is 7. The van der Waals surface area contributed by atoms with Crippen molar-refractivity contribution in [2.75, 3.05) is 19.8 Å². The number of benzene rings is 1. The van der Waals surface area contributed by atoms with E-state index in [0.29, 0.717) is 42.6 Å². The van der Waals surface area contributed by atoms with Crippen molar-refractivity contribution in [1.82, 2.24) is 20.3 Å². The molecule has 1 N–H and O–H groups in total. The van der Waals surface area contributed by atoms with Gasteiger partial charge in [-0.3, -0.25) is 4.79 Å². The number of nitrogens with one attached hydrogen (secondary N) is 1. The third kappa shape index (κ3) is 5.89. The quantitative estimate of drug-likeness (QED) is 0.508. The highest BCUT2D eigenvalue weighted by Gasteiger charge is 2.34. The number of aromatic nitrogens is 3. The van der Waals surface area contributed by atoms with Crippen LogP contribution in [0.15, 0.2) is 36.8 Å². The van der Waals surface area contributed by atoms with Gasteiger partial charge in [0.05, 0.1) is 19.3 Å². The van der Waals surface area contributed by atoms with Crippen molar-refractivity contribution >= 4 is 17.2 Å². The second-order valence-electron chi connectivity index (χ2n) is 8.10. The topological polar surface area (TPSA) is 86.2 Å². The number of ether oxygens (including phenoxy) is 2. The van der Waals surface area contributed by atoms with Crippen LogP contribution < -0.4 is 10.1 Å². The summed E-state index contributed by atoms with van der Waals surface area (Å²) in [4.78, 5) is 25.2. The zero-order chi connectivity index (χ0) is 24.3. The Morgan fingerprint density at radius 2 is 2.00 bits per heavy atom. The average Bonchev–Trinajstić information content (AvgIpc) is 3.49. The standard InChI is InChI=1S/C23H23F3N4O3S/c1-13-8-27-21(34-13)17-5-16(6-19(7-17)33-12-15-3-4-32-11-15)20(31)30-14(2)18-9-28-22(29-10-18)23(24,25)26/h5-10,14-15H,3-4,11-12H2,1-2H3,(H,30,31)/t14-,15+/m1/s1. The van der Waals surface area contributed by atoms with Crippen molar-refractivity contribution in [3.63, 3.8) is 0 Å². The van der Waals surface area contributed by atoms with Gasteiger partial charge in [0.2, 0.25) is 5.82 Å². The molecule has 0 radical (unpaired) electrons. The third-order valence-electron chi connectivity index (χ3n) is 5.32. The number of halogens is 3. The van der Waals surface area contributed by atoms with Gasteiger partial charge in [-0.1, -0.05) is 0 Å². The summed E-state index contributed by atoms with van der Waals surface area (Å²) in [7, 11) is 0. The highest BCUT2D eigenvalue weighted by atomic mass is 32.1. The van der Waals surface area contributed by atoms with Crippen LogP contribution >= 0.6 is 11.3 Å². The van der Waals surface area contributed by atoms with Gasteiger partial charge in [-0.25, -0.2) is 15.0 Å². The fourth-order valence-electron chi connectivity index (χ4n) is 3.43. The summed E-state index contributed by atoms with van der Waals surface area (Å²) in [6, 6.07) is 4.60. The highest BCUT2D eigenvalue weighted by Crippen LogP contribution is 2.30. The smallest absolute Gasteiger partial charge is 0.451 e. The SMILES string of the molecule is Cc1cnc(-c2cc(OC[C@H]3CCOC3)cc(C(=O)N[C@H](C)c3cnc(C(F)(F)F)nc3)c2)s1. The minimum Gasteiger partial charge on any atom is -0.493 e. The van der Waals surface area contributed by atoms with Crippen molar-refractivity contribution in [3.8, 4) is 16.3 Å². The fraction of sp³-hybridized carbons (Fsp3) is 0.391. The monoisotopic (exact) mass is 492 g/mol. The molecule has 7 nitrogen and oxygen atoms in total. The van der Waals surface area contributed by atoms with Crippen molar-refractivity contribution < 1.29 is 27.4 Å². The molecule has 34 heavy (non-hydrogen) atoms. The van der Waals surface area contributed by atoms with Crippen LogP contribution in [0.4, 0.5) is 13.2 Å².